The van der Waals surface area contributed by atoms with Crippen LogP contribution in [0.1, 0.15) is 60.8 Å². The Bertz CT molecular complexity index is 873. The van der Waals surface area contributed by atoms with E-state index in [1.165, 1.54) is 26.2 Å². The van der Waals surface area contributed by atoms with Gasteiger partial charge in [0.2, 0.25) is 0 Å². The summed E-state index contributed by atoms with van der Waals surface area (Å²) in [5.74, 6) is -3.26. The van der Waals surface area contributed by atoms with E-state index in [1.54, 1.807) is 0 Å². The molecule has 10 heteroatoms. The maximum absolute atomic E-state index is 12.6. The van der Waals surface area contributed by atoms with Gasteiger partial charge in [0.1, 0.15) is 13.2 Å². The van der Waals surface area contributed by atoms with Crippen molar-refractivity contribution in [3.63, 3.8) is 0 Å². The van der Waals surface area contributed by atoms with Crippen LogP contribution < -0.4 is 0 Å². The third-order valence-corrected chi connectivity index (χ3v) is 5.92. The van der Waals surface area contributed by atoms with Crippen molar-refractivity contribution in [2.75, 3.05) is 13.2 Å². The fourth-order valence-electron chi connectivity index (χ4n) is 3.89. The van der Waals surface area contributed by atoms with Crippen molar-refractivity contribution in [1.82, 2.24) is 0 Å². The Morgan fingerprint density at radius 2 is 1.66 bits per heavy atom. The fourth-order valence-corrected chi connectivity index (χ4v) is 3.89. The summed E-state index contributed by atoms with van der Waals surface area (Å²) in [5, 5.41) is 11.8. The molecule has 5 atom stereocenters. The molecule has 2 aliphatic rings. The molecular weight excluding hydrogens is 460 g/mol. The summed E-state index contributed by atoms with van der Waals surface area (Å²) in [6.45, 7) is 9.25. The lowest BCUT2D eigenvalue weighted by atomic mass is 9.82. The van der Waals surface area contributed by atoms with Crippen LogP contribution in [0.2, 0.25) is 0 Å². The molecule has 0 saturated carbocycles. The first-order valence-corrected chi connectivity index (χ1v) is 11.8. The highest BCUT2D eigenvalue weighted by atomic mass is 16.7. The van der Waals surface area contributed by atoms with E-state index in [2.05, 4.69) is 0 Å². The van der Waals surface area contributed by atoms with Crippen molar-refractivity contribution in [1.29, 1.82) is 0 Å². The molecule has 0 spiro atoms. The van der Waals surface area contributed by atoms with Crippen LogP contribution in [-0.4, -0.2) is 60.2 Å². The third kappa shape index (κ3) is 7.55. The standard InChI is InChI=1S/C25H36O10/c1-7-15(4)9-22(29)35-24-23-19(18(12-32-24)11-31-16(5)26)10-20(34-21(28)8-14(2)3)25(23,30)13-33-17(6)27/h10,12,14-15,20,23-24,30H,7-9,11,13H2,1-6H3/t15?,20-,23+,24-,25+/m0/s1. The van der Waals surface area contributed by atoms with Gasteiger partial charge in [-0.25, -0.2) is 0 Å². The summed E-state index contributed by atoms with van der Waals surface area (Å²) in [7, 11) is 0. The highest BCUT2D eigenvalue weighted by molar-refractivity contribution is 5.71. The van der Waals surface area contributed by atoms with Gasteiger partial charge in [-0.05, 0) is 23.5 Å². The van der Waals surface area contributed by atoms with Crippen molar-refractivity contribution in [2.24, 2.45) is 17.8 Å². The van der Waals surface area contributed by atoms with Gasteiger partial charge in [-0.1, -0.05) is 34.1 Å². The van der Waals surface area contributed by atoms with Crippen LogP contribution in [0.15, 0.2) is 23.5 Å². The molecule has 1 heterocycles. The molecule has 1 unspecified atom stereocenters. The van der Waals surface area contributed by atoms with Gasteiger partial charge in [-0.2, -0.15) is 0 Å². The fraction of sp³-hybridized carbons (Fsp3) is 0.680. The first kappa shape index (κ1) is 28.4. The van der Waals surface area contributed by atoms with Gasteiger partial charge in [-0.3, -0.25) is 19.2 Å². The lowest BCUT2D eigenvalue weighted by molar-refractivity contribution is -0.217. The zero-order valence-electron chi connectivity index (χ0n) is 21.2. The van der Waals surface area contributed by atoms with Crippen molar-refractivity contribution in [3.8, 4) is 0 Å². The Morgan fingerprint density at radius 3 is 2.23 bits per heavy atom. The zero-order valence-corrected chi connectivity index (χ0v) is 21.2. The SMILES string of the molecule is CCC(C)CC(=O)O[C@@H]1OC=C(COC(C)=O)C2=C[C@H](OC(=O)CC(C)C)[C@](O)(COC(C)=O)[C@H]21. The topological polar surface area (TPSA) is 135 Å². The number of fused-ring (bicyclic) bond motifs is 1. The van der Waals surface area contributed by atoms with Crippen LogP contribution in [-0.2, 0) is 42.9 Å². The van der Waals surface area contributed by atoms with E-state index in [1.807, 2.05) is 27.7 Å². The molecule has 2 rings (SSSR count). The smallest absolute Gasteiger partial charge is 0.309 e. The minimum absolute atomic E-state index is 0.0115. The van der Waals surface area contributed by atoms with Crippen molar-refractivity contribution >= 4 is 23.9 Å². The highest BCUT2D eigenvalue weighted by Crippen LogP contribution is 2.47. The van der Waals surface area contributed by atoms with Gasteiger partial charge in [0.25, 0.3) is 6.29 Å². The summed E-state index contributed by atoms with van der Waals surface area (Å²) in [6, 6.07) is 0. The van der Waals surface area contributed by atoms with Gasteiger partial charge >= 0.3 is 23.9 Å². The molecule has 1 aliphatic heterocycles. The Balaban J connectivity index is 2.44. The van der Waals surface area contributed by atoms with Crippen molar-refractivity contribution < 1.29 is 48.0 Å². The average molecular weight is 497 g/mol. The predicted molar refractivity (Wildman–Crippen MR) is 122 cm³/mol. The molecular formula is C25H36O10. The molecule has 0 saturated heterocycles. The molecule has 0 aromatic heterocycles. The van der Waals surface area contributed by atoms with Crippen molar-refractivity contribution in [3.05, 3.63) is 23.5 Å². The number of hydrogen-bond donors (Lipinski definition) is 1. The van der Waals surface area contributed by atoms with Gasteiger partial charge in [-0.15, -0.1) is 0 Å². The number of rotatable bonds is 11. The number of carbonyl (C=O) groups is 4. The van der Waals surface area contributed by atoms with Crippen LogP contribution in [0.3, 0.4) is 0 Å². The molecule has 1 N–H and O–H groups in total. The maximum atomic E-state index is 12.6. The largest absolute Gasteiger partial charge is 0.463 e. The molecule has 0 aromatic carbocycles. The molecule has 1 aliphatic carbocycles. The summed E-state index contributed by atoms with van der Waals surface area (Å²) in [6.07, 6.45) is 1.29. The molecule has 0 bridgehead atoms. The van der Waals surface area contributed by atoms with E-state index in [4.69, 9.17) is 23.7 Å². The number of ether oxygens (including phenoxy) is 5. The third-order valence-electron chi connectivity index (χ3n) is 5.92. The summed E-state index contributed by atoms with van der Waals surface area (Å²) in [5.41, 5.74) is -1.19. The average Bonchev–Trinajstić information content (AvgIpc) is 3.03. The lowest BCUT2D eigenvalue weighted by Crippen LogP contribution is -2.55. The van der Waals surface area contributed by atoms with Crippen LogP contribution in [0.4, 0.5) is 0 Å². The number of hydrogen-bond acceptors (Lipinski definition) is 10. The number of esters is 4. The van der Waals surface area contributed by atoms with Crippen LogP contribution in [0.25, 0.3) is 0 Å². The summed E-state index contributed by atoms with van der Waals surface area (Å²) in [4.78, 5) is 48.0. The molecule has 0 amide bonds. The highest BCUT2D eigenvalue weighted by Gasteiger charge is 2.59. The maximum Gasteiger partial charge on any atom is 0.309 e. The second-order valence-corrected chi connectivity index (χ2v) is 9.51. The zero-order chi connectivity index (χ0) is 26.3. The first-order valence-electron chi connectivity index (χ1n) is 11.8. The van der Waals surface area contributed by atoms with Gasteiger partial charge in [0.05, 0.1) is 12.2 Å². The van der Waals surface area contributed by atoms with Gasteiger partial charge in [0.15, 0.2) is 11.7 Å². The monoisotopic (exact) mass is 496 g/mol. The van der Waals surface area contributed by atoms with E-state index >= 15 is 0 Å². The minimum atomic E-state index is -2.00. The molecule has 0 radical (unpaired) electrons. The Labute approximate surface area is 205 Å². The van der Waals surface area contributed by atoms with E-state index in [0.717, 1.165) is 6.42 Å². The normalized spacial score (nSPS) is 26.0. The molecule has 10 nitrogen and oxygen atoms in total. The van der Waals surface area contributed by atoms with E-state index in [0.29, 0.717) is 11.1 Å². The second-order valence-electron chi connectivity index (χ2n) is 9.51. The number of aliphatic hydroxyl groups is 1. The Hall–Kier alpha value is -2.88. The van der Waals surface area contributed by atoms with Gasteiger partial charge < -0.3 is 28.8 Å². The second kappa shape index (κ2) is 12.2. The summed E-state index contributed by atoms with van der Waals surface area (Å²) < 4.78 is 27.0. The van der Waals surface area contributed by atoms with Crippen LogP contribution in [0.5, 0.6) is 0 Å². The lowest BCUT2D eigenvalue weighted by Gasteiger charge is -2.40. The quantitative estimate of drug-likeness (QED) is 0.336. The van der Waals surface area contributed by atoms with E-state index in [9.17, 15) is 24.3 Å². The summed E-state index contributed by atoms with van der Waals surface area (Å²) >= 11 is 0. The molecule has 0 fully saturated rings. The molecule has 196 valence electrons. The van der Waals surface area contributed by atoms with E-state index < -0.39 is 54.4 Å². The van der Waals surface area contributed by atoms with Crippen LogP contribution in [0, 0.1) is 17.8 Å². The van der Waals surface area contributed by atoms with Crippen molar-refractivity contribution in [2.45, 2.75) is 78.8 Å². The number of carbonyl (C=O) groups excluding carboxylic acids is 4. The van der Waals surface area contributed by atoms with Gasteiger partial charge in [0, 0.05) is 32.3 Å². The first-order chi connectivity index (χ1) is 16.4. The Morgan fingerprint density at radius 1 is 1.03 bits per heavy atom. The van der Waals surface area contributed by atoms with E-state index in [-0.39, 0.29) is 31.3 Å². The predicted octanol–water partition coefficient (Wildman–Crippen LogP) is 2.58. The Kier molecular flexibility index (Phi) is 9.88. The molecule has 35 heavy (non-hydrogen) atoms. The van der Waals surface area contributed by atoms with Crippen LogP contribution >= 0.6 is 0 Å². The minimum Gasteiger partial charge on any atom is -0.463 e. The molecule has 0 aromatic rings.